The second kappa shape index (κ2) is 2.82. The molecule has 1 aromatic rings. The number of amides is 1. The van der Waals surface area contributed by atoms with Crippen molar-refractivity contribution in [2.24, 2.45) is 0 Å². The maximum atomic E-state index is 11.7. The number of carbonyl (C=O) groups excluding carboxylic acids is 2. The summed E-state index contributed by atoms with van der Waals surface area (Å²) < 4.78 is 5.02. The minimum atomic E-state index is -1.76. The van der Waals surface area contributed by atoms with Gasteiger partial charge in [0.25, 0.3) is 5.91 Å². The number of fused-ring (bicyclic) bond motifs is 3. The number of esters is 1. The first-order valence-electron chi connectivity index (χ1n) is 4.93. The Balaban J connectivity index is 2.18. The van der Waals surface area contributed by atoms with Gasteiger partial charge in [-0.15, -0.1) is 0 Å². The highest BCUT2D eigenvalue weighted by Crippen LogP contribution is 2.45. The fraction of sp³-hybridized carbons (Fsp3) is 0.273. The zero-order valence-corrected chi connectivity index (χ0v) is 8.27. The van der Waals surface area contributed by atoms with E-state index in [0.717, 1.165) is 0 Å². The Kier molecular flexibility index (Phi) is 1.65. The summed E-state index contributed by atoms with van der Waals surface area (Å²) in [5, 5.41) is 12.7. The molecule has 2 aliphatic rings. The maximum Gasteiger partial charge on any atom is 0.310 e. The molecule has 0 saturated carbocycles. The number of aliphatic hydroxyl groups is 1. The van der Waals surface area contributed by atoms with Crippen molar-refractivity contribution in [2.45, 2.75) is 18.1 Å². The summed E-state index contributed by atoms with van der Waals surface area (Å²) in [7, 11) is 0. The molecule has 0 aliphatic carbocycles. The van der Waals surface area contributed by atoms with Crippen LogP contribution in [0.5, 0.6) is 0 Å². The Morgan fingerprint density at radius 3 is 2.94 bits per heavy atom. The van der Waals surface area contributed by atoms with Gasteiger partial charge in [-0.1, -0.05) is 18.2 Å². The molecule has 0 spiro atoms. The minimum Gasteiger partial charge on any atom is -0.454 e. The molecule has 2 N–H and O–H groups in total. The normalized spacial score (nSPS) is 31.4. The van der Waals surface area contributed by atoms with E-state index in [2.05, 4.69) is 5.32 Å². The second-order valence-corrected chi connectivity index (χ2v) is 4.01. The van der Waals surface area contributed by atoms with Gasteiger partial charge in [0.2, 0.25) is 0 Å². The van der Waals surface area contributed by atoms with Crippen LogP contribution in [0, 0.1) is 0 Å². The lowest BCUT2D eigenvalue weighted by atomic mass is 9.85. The summed E-state index contributed by atoms with van der Waals surface area (Å²) in [5.41, 5.74) is -0.543. The van der Waals surface area contributed by atoms with Crippen molar-refractivity contribution in [3.05, 3.63) is 29.8 Å². The predicted molar refractivity (Wildman–Crippen MR) is 53.5 cm³/mol. The predicted octanol–water partition coefficient (Wildman–Crippen LogP) is 0.358. The number of para-hydroxylation sites is 1. The lowest BCUT2D eigenvalue weighted by molar-refractivity contribution is -0.146. The van der Waals surface area contributed by atoms with Crippen LogP contribution in [0.2, 0.25) is 0 Å². The minimum absolute atomic E-state index is 0.294. The highest BCUT2D eigenvalue weighted by molar-refractivity contribution is 6.04. The van der Waals surface area contributed by atoms with Crippen LogP contribution >= 0.6 is 0 Å². The quantitative estimate of drug-likeness (QED) is 0.618. The molecule has 1 saturated heterocycles. The van der Waals surface area contributed by atoms with Gasteiger partial charge in [0.1, 0.15) is 0 Å². The zero-order chi connectivity index (χ0) is 11.3. The average molecular weight is 219 g/mol. The van der Waals surface area contributed by atoms with Crippen LogP contribution in [0.25, 0.3) is 0 Å². The molecule has 1 fully saturated rings. The highest BCUT2D eigenvalue weighted by Gasteiger charge is 2.57. The average Bonchev–Trinajstić information content (AvgIpc) is 2.56. The molecule has 0 radical (unpaired) electrons. The SMILES string of the molecule is O=C1C[C@@]2(O)C(=O)Nc3ccccc3[C@H]2O1. The Morgan fingerprint density at radius 2 is 2.12 bits per heavy atom. The monoisotopic (exact) mass is 219 g/mol. The van der Waals surface area contributed by atoms with E-state index in [4.69, 9.17) is 4.74 Å². The summed E-state index contributed by atoms with van der Waals surface area (Å²) in [4.78, 5) is 22.9. The largest absolute Gasteiger partial charge is 0.454 e. The Morgan fingerprint density at radius 1 is 1.38 bits per heavy atom. The van der Waals surface area contributed by atoms with Gasteiger partial charge in [-0.2, -0.15) is 0 Å². The van der Waals surface area contributed by atoms with Crippen LogP contribution in [0.3, 0.4) is 0 Å². The molecule has 0 aromatic heterocycles. The maximum absolute atomic E-state index is 11.7. The third kappa shape index (κ3) is 1.03. The van der Waals surface area contributed by atoms with Gasteiger partial charge in [0.05, 0.1) is 6.42 Å². The Bertz CT molecular complexity index is 499. The number of nitrogens with one attached hydrogen (secondary N) is 1. The van der Waals surface area contributed by atoms with Crippen molar-refractivity contribution in [3.8, 4) is 0 Å². The molecule has 2 atom stereocenters. The number of ether oxygens (including phenoxy) is 1. The Hall–Kier alpha value is -1.88. The van der Waals surface area contributed by atoms with Crippen molar-refractivity contribution >= 4 is 17.6 Å². The van der Waals surface area contributed by atoms with E-state index in [-0.39, 0.29) is 6.42 Å². The topological polar surface area (TPSA) is 75.6 Å². The lowest BCUT2D eigenvalue weighted by Gasteiger charge is -2.32. The van der Waals surface area contributed by atoms with Crippen LogP contribution < -0.4 is 5.32 Å². The summed E-state index contributed by atoms with van der Waals surface area (Å²) >= 11 is 0. The van der Waals surface area contributed by atoms with Gasteiger partial charge in [-0.05, 0) is 6.07 Å². The van der Waals surface area contributed by atoms with Gasteiger partial charge >= 0.3 is 5.97 Å². The van der Waals surface area contributed by atoms with E-state index in [1.165, 1.54) is 0 Å². The number of hydrogen-bond acceptors (Lipinski definition) is 4. The first-order chi connectivity index (χ1) is 7.61. The third-order valence-electron chi connectivity index (χ3n) is 2.98. The molecule has 0 unspecified atom stereocenters. The van der Waals surface area contributed by atoms with Gasteiger partial charge < -0.3 is 15.2 Å². The fourth-order valence-electron chi connectivity index (χ4n) is 2.17. The van der Waals surface area contributed by atoms with Crippen molar-refractivity contribution in [1.29, 1.82) is 0 Å². The van der Waals surface area contributed by atoms with Crippen molar-refractivity contribution < 1.29 is 19.4 Å². The third-order valence-corrected chi connectivity index (χ3v) is 2.98. The first kappa shape index (κ1) is 9.35. The molecule has 1 amide bonds. The number of benzene rings is 1. The highest BCUT2D eigenvalue weighted by atomic mass is 16.6. The number of hydrogen-bond donors (Lipinski definition) is 2. The molecule has 82 valence electrons. The van der Waals surface area contributed by atoms with Gasteiger partial charge in [-0.3, -0.25) is 9.59 Å². The Labute approximate surface area is 91.0 Å². The smallest absolute Gasteiger partial charge is 0.310 e. The van der Waals surface area contributed by atoms with Gasteiger partial charge in [0.15, 0.2) is 11.7 Å². The summed E-state index contributed by atoms with van der Waals surface area (Å²) in [5.74, 6) is -1.14. The molecular weight excluding hydrogens is 210 g/mol. The van der Waals surface area contributed by atoms with E-state index in [9.17, 15) is 14.7 Å². The number of rotatable bonds is 0. The molecule has 0 bridgehead atoms. The summed E-state index contributed by atoms with van der Waals surface area (Å²) in [6, 6.07) is 6.96. The van der Waals surface area contributed by atoms with Crippen molar-refractivity contribution in [3.63, 3.8) is 0 Å². The van der Waals surface area contributed by atoms with E-state index in [0.29, 0.717) is 11.3 Å². The van der Waals surface area contributed by atoms with Crippen LogP contribution in [0.15, 0.2) is 24.3 Å². The zero-order valence-electron chi connectivity index (χ0n) is 8.27. The van der Waals surface area contributed by atoms with Gasteiger partial charge in [0, 0.05) is 11.3 Å². The van der Waals surface area contributed by atoms with Gasteiger partial charge in [-0.25, -0.2) is 0 Å². The molecule has 2 heterocycles. The van der Waals surface area contributed by atoms with Crippen molar-refractivity contribution in [1.82, 2.24) is 0 Å². The van der Waals surface area contributed by atoms with E-state index in [1.807, 2.05) is 0 Å². The molecule has 5 heteroatoms. The molecule has 5 nitrogen and oxygen atoms in total. The van der Waals surface area contributed by atoms with Crippen LogP contribution in [0.1, 0.15) is 18.1 Å². The second-order valence-electron chi connectivity index (χ2n) is 4.01. The fourth-order valence-corrected chi connectivity index (χ4v) is 2.17. The van der Waals surface area contributed by atoms with E-state index in [1.54, 1.807) is 24.3 Å². The summed E-state index contributed by atoms with van der Waals surface area (Å²) in [6.45, 7) is 0. The molecule has 1 aromatic carbocycles. The first-order valence-corrected chi connectivity index (χ1v) is 4.93. The number of anilines is 1. The van der Waals surface area contributed by atoms with E-state index < -0.39 is 23.6 Å². The number of carbonyl (C=O) groups is 2. The van der Waals surface area contributed by atoms with E-state index >= 15 is 0 Å². The van der Waals surface area contributed by atoms with Crippen molar-refractivity contribution in [2.75, 3.05) is 5.32 Å². The molecule has 16 heavy (non-hydrogen) atoms. The summed E-state index contributed by atoms with van der Waals surface area (Å²) in [6.07, 6.45) is -1.18. The van der Waals surface area contributed by atoms with Crippen LogP contribution in [-0.2, 0) is 14.3 Å². The standard InChI is InChI=1S/C11H9NO4/c13-8-5-11(15)9(16-8)6-3-1-2-4-7(6)12-10(11)14/h1-4,9,15H,5H2,(H,12,14)/t9-,11+/m1/s1. The molecular formula is C11H9NO4. The van der Waals surface area contributed by atoms with Crippen LogP contribution in [-0.4, -0.2) is 22.6 Å². The molecule has 3 rings (SSSR count). The van der Waals surface area contributed by atoms with Crippen LogP contribution in [0.4, 0.5) is 5.69 Å². The molecule has 2 aliphatic heterocycles. The lowest BCUT2D eigenvalue weighted by Crippen LogP contribution is -2.48.